The van der Waals surface area contributed by atoms with E-state index >= 15 is 0 Å². The second-order valence-electron chi connectivity index (χ2n) is 7.20. The average molecular weight is 432 g/mol. The van der Waals surface area contributed by atoms with E-state index in [0.29, 0.717) is 5.76 Å². The van der Waals surface area contributed by atoms with E-state index in [-0.39, 0.29) is 24.1 Å². The number of imide groups is 1. The first-order chi connectivity index (χ1) is 15.5. The Hall–Kier alpha value is -4.20. The first kappa shape index (κ1) is 21.0. The molecule has 0 fully saturated rings. The third-order valence-electron chi connectivity index (χ3n) is 5.07. The molecule has 8 heteroatoms. The number of hydrogen-bond donors (Lipinski definition) is 1. The molecule has 1 unspecified atom stereocenters. The lowest BCUT2D eigenvalue weighted by molar-refractivity contribution is -0.152. The molecule has 32 heavy (non-hydrogen) atoms. The van der Waals surface area contributed by atoms with Crippen LogP contribution in [0, 0.1) is 0 Å². The lowest BCUT2D eigenvalue weighted by Gasteiger charge is -2.24. The van der Waals surface area contributed by atoms with Crippen molar-refractivity contribution in [3.8, 4) is 0 Å². The van der Waals surface area contributed by atoms with Crippen molar-refractivity contribution in [3.05, 3.63) is 95.4 Å². The first-order valence-corrected chi connectivity index (χ1v) is 10.0. The molecule has 0 radical (unpaired) electrons. The van der Waals surface area contributed by atoms with Crippen LogP contribution in [-0.2, 0) is 27.3 Å². The van der Waals surface area contributed by atoms with Crippen molar-refractivity contribution in [1.82, 2.24) is 10.2 Å². The largest absolute Gasteiger partial charge is 0.467 e. The highest BCUT2D eigenvalue weighted by atomic mass is 16.5. The highest BCUT2D eigenvalue weighted by Gasteiger charge is 2.43. The van der Waals surface area contributed by atoms with E-state index in [1.165, 1.54) is 6.26 Å². The predicted molar refractivity (Wildman–Crippen MR) is 112 cm³/mol. The van der Waals surface area contributed by atoms with Gasteiger partial charge in [0.25, 0.3) is 17.7 Å². The van der Waals surface area contributed by atoms with Gasteiger partial charge in [0.05, 0.1) is 23.9 Å². The summed E-state index contributed by atoms with van der Waals surface area (Å²) in [6.07, 6.45) is 1.55. The maximum absolute atomic E-state index is 12.9. The molecule has 0 bridgehead atoms. The SMILES string of the molecule is O=C(COC(=O)C(Cc1ccccc1)N1C(=O)c2ccccc2C1=O)NCc1ccco1. The number of ether oxygens (including phenoxy) is 1. The van der Waals surface area contributed by atoms with Crippen LogP contribution in [0.2, 0.25) is 0 Å². The fourth-order valence-corrected chi connectivity index (χ4v) is 3.49. The maximum atomic E-state index is 12.9. The van der Waals surface area contributed by atoms with Gasteiger partial charge in [-0.3, -0.25) is 19.3 Å². The van der Waals surface area contributed by atoms with Gasteiger partial charge in [-0.25, -0.2) is 4.79 Å². The van der Waals surface area contributed by atoms with Crippen molar-refractivity contribution in [2.24, 2.45) is 0 Å². The molecular weight excluding hydrogens is 412 g/mol. The fraction of sp³-hybridized carbons (Fsp3) is 0.167. The van der Waals surface area contributed by atoms with Gasteiger partial charge in [-0.05, 0) is 29.8 Å². The van der Waals surface area contributed by atoms with Crippen LogP contribution in [-0.4, -0.2) is 41.2 Å². The highest BCUT2D eigenvalue weighted by molar-refractivity contribution is 6.22. The molecule has 3 amide bonds. The minimum absolute atomic E-state index is 0.0686. The minimum atomic E-state index is -1.21. The number of furan rings is 1. The van der Waals surface area contributed by atoms with Crippen molar-refractivity contribution in [1.29, 1.82) is 0 Å². The molecule has 1 aliphatic heterocycles. The van der Waals surface area contributed by atoms with E-state index in [4.69, 9.17) is 9.15 Å². The number of fused-ring (bicyclic) bond motifs is 1. The van der Waals surface area contributed by atoms with E-state index in [2.05, 4.69) is 5.32 Å². The van der Waals surface area contributed by atoms with Gasteiger partial charge in [0.1, 0.15) is 11.8 Å². The molecule has 1 aliphatic rings. The predicted octanol–water partition coefficient (Wildman–Crippen LogP) is 2.35. The Morgan fingerprint density at radius 2 is 1.56 bits per heavy atom. The van der Waals surface area contributed by atoms with Gasteiger partial charge >= 0.3 is 5.97 Å². The lowest BCUT2D eigenvalue weighted by Crippen LogP contribution is -2.47. The zero-order chi connectivity index (χ0) is 22.5. The summed E-state index contributed by atoms with van der Waals surface area (Å²) in [7, 11) is 0. The number of rotatable bonds is 8. The fourth-order valence-electron chi connectivity index (χ4n) is 3.49. The molecule has 2 heterocycles. The van der Waals surface area contributed by atoms with Crippen LogP contribution in [0.5, 0.6) is 0 Å². The molecular formula is C24H20N2O6. The summed E-state index contributed by atoms with van der Waals surface area (Å²) in [5, 5.41) is 2.57. The zero-order valence-corrected chi connectivity index (χ0v) is 17.0. The summed E-state index contributed by atoms with van der Waals surface area (Å²) in [5.41, 5.74) is 1.22. The van der Waals surface area contributed by atoms with E-state index in [0.717, 1.165) is 10.5 Å². The molecule has 0 aliphatic carbocycles. The van der Waals surface area contributed by atoms with Crippen LogP contribution in [0.3, 0.4) is 0 Å². The summed E-state index contributed by atoms with van der Waals surface area (Å²) < 4.78 is 10.3. The van der Waals surface area contributed by atoms with Gasteiger partial charge in [-0.15, -0.1) is 0 Å². The van der Waals surface area contributed by atoms with Crippen LogP contribution in [0.25, 0.3) is 0 Å². The molecule has 1 aromatic heterocycles. The Kier molecular flexibility index (Phi) is 6.12. The lowest BCUT2D eigenvalue weighted by atomic mass is 10.0. The zero-order valence-electron chi connectivity index (χ0n) is 17.0. The molecule has 1 atom stereocenters. The number of carbonyl (C=O) groups excluding carboxylic acids is 4. The smallest absolute Gasteiger partial charge is 0.330 e. The Bertz CT molecular complexity index is 1110. The molecule has 4 rings (SSSR count). The Morgan fingerprint density at radius 1 is 0.906 bits per heavy atom. The van der Waals surface area contributed by atoms with Crippen molar-refractivity contribution >= 4 is 23.7 Å². The molecule has 8 nitrogen and oxygen atoms in total. The van der Waals surface area contributed by atoms with E-state index in [1.54, 1.807) is 60.7 Å². The topological polar surface area (TPSA) is 106 Å². The first-order valence-electron chi connectivity index (χ1n) is 10.0. The standard InChI is InChI=1S/C24H20N2O6/c27-21(25-14-17-9-6-12-31-17)15-32-24(30)20(13-16-7-2-1-3-8-16)26-22(28)18-10-4-5-11-19(18)23(26)29/h1-12,20H,13-15H2,(H,25,27). The van der Waals surface area contributed by atoms with Gasteiger partial charge in [0.15, 0.2) is 6.61 Å². The summed E-state index contributed by atoms with van der Waals surface area (Å²) in [4.78, 5) is 51.8. The molecule has 0 saturated carbocycles. The number of carbonyl (C=O) groups is 4. The van der Waals surface area contributed by atoms with Crippen molar-refractivity contribution in [3.63, 3.8) is 0 Å². The minimum Gasteiger partial charge on any atom is -0.467 e. The number of benzene rings is 2. The van der Waals surface area contributed by atoms with Crippen molar-refractivity contribution < 1.29 is 28.3 Å². The van der Waals surface area contributed by atoms with Crippen LogP contribution in [0.15, 0.2) is 77.4 Å². The molecule has 3 aromatic rings. The van der Waals surface area contributed by atoms with E-state index in [9.17, 15) is 19.2 Å². The van der Waals surface area contributed by atoms with Crippen molar-refractivity contribution in [2.45, 2.75) is 19.0 Å². The molecule has 162 valence electrons. The van der Waals surface area contributed by atoms with Gasteiger partial charge in [0, 0.05) is 6.42 Å². The third kappa shape index (κ3) is 4.44. The molecule has 0 spiro atoms. The summed E-state index contributed by atoms with van der Waals surface area (Å²) in [5.74, 6) is -1.94. The van der Waals surface area contributed by atoms with E-state index in [1.807, 2.05) is 6.07 Å². The number of nitrogens with zero attached hydrogens (tertiary/aromatic N) is 1. The summed E-state index contributed by atoms with van der Waals surface area (Å²) in [6, 6.07) is 17.6. The Morgan fingerprint density at radius 3 is 2.19 bits per heavy atom. The van der Waals surface area contributed by atoms with Crippen LogP contribution in [0.4, 0.5) is 0 Å². The summed E-state index contributed by atoms with van der Waals surface area (Å²) >= 11 is 0. The molecule has 0 saturated heterocycles. The quantitative estimate of drug-likeness (QED) is 0.433. The Labute approximate surface area is 183 Å². The average Bonchev–Trinajstić information content (AvgIpc) is 3.42. The van der Waals surface area contributed by atoms with E-state index < -0.39 is 36.3 Å². The summed E-state index contributed by atoms with van der Waals surface area (Å²) in [6.45, 7) is -0.400. The highest BCUT2D eigenvalue weighted by Crippen LogP contribution is 2.26. The van der Waals surface area contributed by atoms with Crippen LogP contribution >= 0.6 is 0 Å². The van der Waals surface area contributed by atoms with Gasteiger partial charge < -0.3 is 14.5 Å². The molecule has 1 N–H and O–H groups in total. The number of esters is 1. The number of nitrogens with one attached hydrogen (secondary N) is 1. The van der Waals surface area contributed by atoms with Crippen LogP contribution < -0.4 is 5.32 Å². The van der Waals surface area contributed by atoms with Gasteiger partial charge in [-0.2, -0.15) is 0 Å². The van der Waals surface area contributed by atoms with Gasteiger partial charge in [-0.1, -0.05) is 42.5 Å². The number of amides is 3. The number of hydrogen-bond acceptors (Lipinski definition) is 6. The Balaban J connectivity index is 1.48. The van der Waals surface area contributed by atoms with Crippen LogP contribution in [0.1, 0.15) is 32.0 Å². The molecule has 2 aromatic carbocycles. The monoisotopic (exact) mass is 432 g/mol. The normalized spacial score (nSPS) is 13.6. The van der Waals surface area contributed by atoms with Crippen molar-refractivity contribution in [2.75, 3.05) is 6.61 Å². The second kappa shape index (κ2) is 9.30. The third-order valence-corrected chi connectivity index (χ3v) is 5.07. The maximum Gasteiger partial charge on any atom is 0.330 e. The van der Waals surface area contributed by atoms with Gasteiger partial charge in [0.2, 0.25) is 0 Å². The second-order valence-corrected chi connectivity index (χ2v) is 7.20.